The van der Waals surface area contributed by atoms with Crippen LogP contribution >= 0.6 is 0 Å². The fourth-order valence-electron chi connectivity index (χ4n) is 2.66. The fraction of sp³-hybridized carbons (Fsp3) is 0.500. The van der Waals surface area contributed by atoms with Gasteiger partial charge in [-0.05, 0) is 44.0 Å². The Bertz CT molecular complexity index is 531. The number of nitrogens with one attached hydrogen (secondary N) is 1. The molecule has 1 aliphatic heterocycles. The molecule has 0 aliphatic carbocycles. The van der Waals surface area contributed by atoms with Crippen LogP contribution in [0.15, 0.2) is 24.3 Å². The lowest BCUT2D eigenvalue weighted by atomic mass is 9.95. The van der Waals surface area contributed by atoms with Gasteiger partial charge in [-0.15, -0.1) is 0 Å². The van der Waals surface area contributed by atoms with Gasteiger partial charge in [0, 0.05) is 12.2 Å². The maximum atomic E-state index is 12.0. The van der Waals surface area contributed by atoms with Gasteiger partial charge < -0.3 is 10.4 Å². The predicted octanol–water partition coefficient (Wildman–Crippen LogP) is 1.54. The molecule has 112 valence electrons. The lowest BCUT2D eigenvalue weighted by Gasteiger charge is -2.36. The normalized spacial score (nSPS) is 22.5. The number of benzene rings is 1. The van der Waals surface area contributed by atoms with Crippen molar-refractivity contribution in [3.8, 4) is 6.07 Å². The van der Waals surface area contributed by atoms with E-state index in [-0.39, 0.29) is 12.5 Å². The van der Waals surface area contributed by atoms with E-state index in [9.17, 15) is 9.90 Å². The molecule has 1 amide bonds. The van der Waals surface area contributed by atoms with E-state index in [0.29, 0.717) is 13.0 Å². The van der Waals surface area contributed by atoms with Gasteiger partial charge >= 0.3 is 0 Å². The van der Waals surface area contributed by atoms with Crippen molar-refractivity contribution in [2.75, 3.05) is 25.0 Å². The van der Waals surface area contributed by atoms with Crippen molar-refractivity contribution in [1.82, 2.24) is 4.90 Å². The molecule has 1 aromatic rings. The molecule has 0 saturated carbocycles. The molecule has 5 heteroatoms. The molecule has 1 atom stereocenters. The molecule has 2 N–H and O–H groups in total. The molecule has 1 fully saturated rings. The van der Waals surface area contributed by atoms with Crippen LogP contribution < -0.4 is 5.32 Å². The number of hydrogen-bond donors (Lipinski definition) is 2. The van der Waals surface area contributed by atoms with Gasteiger partial charge in [-0.1, -0.05) is 12.1 Å². The Kier molecular flexibility index (Phi) is 4.94. The molecule has 21 heavy (non-hydrogen) atoms. The number of nitrogens with zero attached hydrogens (tertiary/aromatic N) is 2. The standard InChI is InChI=1S/C16H21N3O2/c1-16(21)8-2-10-19(12-16)11-15(20)18-14-5-3-13(4-6-14)7-9-17/h3-6,21H,2,7-8,10-12H2,1H3,(H,18,20). The lowest BCUT2D eigenvalue weighted by molar-refractivity contribution is -0.118. The van der Waals surface area contributed by atoms with E-state index in [4.69, 9.17) is 5.26 Å². The minimum atomic E-state index is -0.697. The Morgan fingerprint density at radius 3 is 2.81 bits per heavy atom. The van der Waals surface area contributed by atoms with Gasteiger partial charge in [-0.2, -0.15) is 5.26 Å². The average molecular weight is 287 g/mol. The topological polar surface area (TPSA) is 76.4 Å². The zero-order valence-electron chi connectivity index (χ0n) is 12.3. The number of hydrogen-bond acceptors (Lipinski definition) is 4. The Hall–Kier alpha value is -1.90. The SMILES string of the molecule is CC1(O)CCCN(CC(=O)Nc2ccc(CC#N)cc2)C1. The minimum Gasteiger partial charge on any atom is -0.389 e. The third-order valence-corrected chi connectivity index (χ3v) is 3.64. The molecule has 1 aliphatic rings. The van der Waals surface area contributed by atoms with E-state index in [1.807, 2.05) is 24.0 Å². The second-order valence-electron chi connectivity index (χ2n) is 5.89. The van der Waals surface area contributed by atoms with Gasteiger partial charge in [0.15, 0.2) is 0 Å². The molecule has 1 unspecified atom stereocenters. The summed E-state index contributed by atoms with van der Waals surface area (Å²) in [5, 5.41) is 21.5. The number of β-amino-alcohol motifs (C(OH)–C–C–N with tert-alkyl or cyclic N) is 1. The maximum Gasteiger partial charge on any atom is 0.238 e. The highest BCUT2D eigenvalue weighted by atomic mass is 16.3. The minimum absolute atomic E-state index is 0.0827. The van der Waals surface area contributed by atoms with Gasteiger partial charge in [-0.3, -0.25) is 9.69 Å². The lowest BCUT2D eigenvalue weighted by Crippen LogP contribution is -2.48. The highest BCUT2D eigenvalue weighted by molar-refractivity contribution is 5.92. The Morgan fingerprint density at radius 1 is 1.48 bits per heavy atom. The zero-order chi connectivity index (χ0) is 15.3. The first-order chi connectivity index (χ1) is 9.98. The van der Waals surface area contributed by atoms with Crippen LogP contribution in [0.25, 0.3) is 0 Å². The summed E-state index contributed by atoms with van der Waals surface area (Å²) in [6.45, 7) is 3.47. The predicted molar refractivity (Wildman–Crippen MR) is 80.7 cm³/mol. The summed E-state index contributed by atoms with van der Waals surface area (Å²) in [5.74, 6) is -0.0827. The van der Waals surface area contributed by atoms with Gasteiger partial charge in [0.2, 0.25) is 5.91 Å². The number of carbonyl (C=O) groups excluding carboxylic acids is 1. The van der Waals surface area contributed by atoms with Crippen LogP contribution in [-0.2, 0) is 11.2 Å². The van der Waals surface area contributed by atoms with Gasteiger partial charge in [-0.25, -0.2) is 0 Å². The first-order valence-electron chi connectivity index (χ1n) is 7.19. The molecule has 1 heterocycles. The molecule has 1 saturated heterocycles. The van der Waals surface area contributed by atoms with Gasteiger partial charge in [0.05, 0.1) is 24.6 Å². The number of piperidine rings is 1. The van der Waals surface area contributed by atoms with Crippen LogP contribution in [0.2, 0.25) is 0 Å². The molecular weight excluding hydrogens is 266 g/mol. The summed E-state index contributed by atoms with van der Waals surface area (Å²) in [5.41, 5.74) is 0.963. The van der Waals surface area contributed by atoms with E-state index >= 15 is 0 Å². The zero-order valence-corrected chi connectivity index (χ0v) is 12.3. The largest absolute Gasteiger partial charge is 0.389 e. The second-order valence-corrected chi connectivity index (χ2v) is 5.89. The van der Waals surface area contributed by atoms with E-state index in [0.717, 1.165) is 30.6 Å². The van der Waals surface area contributed by atoms with Crippen molar-refractivity contribution in [2.45, 2.75) is 31.8 Å². The summed E-state index contributed by atoms with van der Waals surface area (Å²) in [7, 11) is 0. The molecular formula is C16H21N3O2. The Morgan fingerprint density at radius 2 is 2.19 bits per heavy atom. The molecule has 0 aromatic heterocycles. The summed E-state index contributed by atoms with van der Waals surface area (Å²) < 4.78 is 0. The molecule has 5 nitrogen and oxygen atoms in total. The first kappa shape index (κ1) is 15.5. The number of rotatable bonds is 4. The van der Waals surface area contributed by atoms with Crippen LogP contribution in [0.4, 0.5) is 5.69 Å². The maximum absolute atomic E-state index is 12.0. The number of likely N-dealkylation sites (tertiary alicyclic amines) is 1. The summed E-state index contributed by atoms with van der Waals surface area (Å²) >= 11 is 0. The van der Waals surface area contributed by atoms with Crippen molar-refractivity contribution in [2.24, 2.45) is 0 Å². The van der Waals surface area contributed by atoms with Crippen LogP contribution in [0.3, 0.4) is 0 Å². The molecule has 0 bridgehead atoms. The van der Waals surface area contributed by atoms with Gasteiger partial charge in [0.25, 0.3) is 0 Å². The molecule has 2 rings (SSSR count). The number of nitriles is 1. The number of carbonyl (C=O) groups is 1. The molecule has 0 radical (unpaired) electrons. The van der Waals surface area contributed by atoms with Crippen molar-refractivity contribution in [3.63, 3.8) is 0 Å². The highest BCUT2D eigenvalue weighted by Crippen LogP contribution is 2.20. The quantitative estimate of drug-likeness (QED) is 0.880. The monoisotopic (exact) mass is 287 g/mol. The Balaban J connectivity index is 1.85. The smallest absolute Gasteiger partial charge is 0.238 e. The third-order valence-electron chi connectivity index (χ3n) is 3.64. The van der Waals surface area contributed by atoms with E-state index in [2.05, 4.69) is 11.4 Å². The van der Waals surface area contributed by atoms with E-state index in [1.54, 1.807) is 12.1 Å². The fourth-order valence-corrected chi connectivity index (χ4v) is 2.66. The van der Waals surface area contributed by atoms with Crippen LogP contribution in [0, 0.1) is 11.3 Å². The van der Waals surface area contributed by atoms with E-state index in [1.165, 1.54) is 0 Å². The average Bonchev–Trinajstić information content (AvgIpc) is 2.40. The number of aliphatic hydroxyl groups is 1. The first-order valence-corrected chi connectivity index (χ1v) is 7.19. The number of anilines is 1. The molecule has 0 spiro atoms. The van der Waals surface area contributed by atoms with Crippen LogP contribution in [-0.4, -0.2) is 41.1 Å². The van der Waals surface area contributed by atoms with Crippen molar-refractivity contribution in [1.29, 1.82) is 5.26 Å². The summed E-state index contributed by atoms with van der Waals surface area (Å²) in [6.07, 6.45) is 2.06. The van der Waals surface area contributed by atoms with Crippen molar-refractivity contribution >= 4 is 11.6 Å². The Labute approximate surface area is 125 Å². The number of amides is 1. The van der Waals surface area contributed by atoms with Crippen molar-refractivity contribution < 1.29 is 9.90 Å². The molecule has 1 aromatic carbocycles. The summed E-state index contributed by atoms with van der Waals surface area (Å²) in [4.78, 5) is 14.0. The summed E-state index contributed by atoms with van der Waals surface area (Å²) in [6, 6.07) is 9.37. The van der Waals surface area contributed by atoms with Crippen molar-refractivity contribution in [3.05, 3.63) is 29.8 Å². The third kappa shape index (κ3) is 4.85. The highest BCUT2D eigenvalue weighted by Gasteiger charge is 2.29. The van der Waals surface area contributed by atoms with Crippen LogP contribution in [0.1, 0.15) is 25.3 Å². The second kappa shape index (κ2) is 6.70. The van der Waals surface area contributed by atoms with Crippen LogP contribution in [0.5, 0.6) is 0 Å². The van der Waals surface area contributed by atoms with Gasteiger partial charge in [0.1, 0.15) is 0 Å². The van der Waals surface area contributed by atoms with E-state index < -0.39 is 5.60 Å².